The topological polar surface area (TPSA) is 101 Å². The average molecular weight is 333 g/mol. The summed E-state index contributed by atoms with van der Waals surface area (Å²) in [5.41, 5.74) is 7.42. The zero-order valence-electron chi connectivity index (χ0n) is 14.8. The SMILES string of the molecule is CC(=O)N[C@@H](CC(C)C)C(=O)N[C@@H](Cc1cccc(C)c1)C(N)=O. The molecule has 0 radical (unpaired) electrons. The fourth-order valence-electron chi connectivity index (χ4n) is 2.52. The van der Waals surface area contributed by atoms with Crippen LogP contribution in [0, 0.1) is 12.8 Å². The van der Waals surface area contributed by atoms with Gasteiger partial charge in [0, 0.05) is 13.3 Å². The lowest BCUT2D eigenvalue weighted by atomic mass is 10.0. The molecule has 132 valence electrons. The van der Waals surface area contributed by atoms with Gasteiger partial charge in [-0.05, 0) is 24.8 Å². The van der Waals surface area contributed by atoms with Gasteiger partial charge >= 0.3 is 0 Å². The minimum absolute atomic E-state index is 0.219. The number of benzene rings is 1. The molecule has 3 amide bonds. The smallest absolute Gasteiger partial charge is 0.243 e. The Morgan fingerprint density at radius 2 is 1.79 bits per heavy atom. The Morgan fingerprint density at radius 1 is 1.12 bits per heavy atom. The molecule has 0 bridgehead atoms. The second kappa shape index (κ2) is 9.05. The van der Waals surface area contributed by atoms with Gasteiger partial charge in [-0.1, -0.05) is 43.7 Å². The van der Waals surface area contributed by atoms with Crippen molar-refractivity contribution in [2.75, 3.05) is 0 Å². The lowest BCUT2D eigenvalue weighted by molar-refractivity contribution is -0.131. The molecule has 0 aliphatic rings. The molecule has 1 aromatic rings. The van der Waals surface area contributed by atoms with E-state index in [0.717, 1.165) is 11.1 Å². The predicted octanol–water partition coefficient (Wildman–Crippen LogP) is 1.06. The van der Waals surface area contributed by atoms with Gasteiger partial charge in [-0.15, -0.1) is 0 Å². The van der Waals surface area contributed by atoms with E-state index in [9.17, 15) is 14.4 Å². The second-order valence-corrected chi connectivity index (χ2v) is 6.54. The van der Waals surface area contributed by atoms with Crippen LogP contribution in [0.1, 0.15) is 38.3 Å². The molecule has 0 heterocycles. The standard InChI is InChI=1S/C18H27N3O3/c1-11(2)8-16(20-13(4)22)18(24)21-15(17(19)23)10-14-7-5-6-12(3)9-14/h5-7,9,11,15-16H,8,10H2,1-4H3,(H2,19,23)(H,20,22)(H,21,24)/t15-,16-/m0/s1. The lowest BCUT2D eigenvalue weighted by Gasteiger charge is -2.22. The third-order valence-electron chi connectivity index (χ3n) is 3.58. The molecule has 6 nitrogen and oxygen atoms in total. The van der Waals surface area contributed by atoms with Gasteiger partial charge in [-0.3, -0.25) is 14.4 Å². The van der Waals surface area contributed by atoms with Crippen LogP contribution in [0.3, 0.4) is 0 Å². The van der Waals surface area contributed by atoms with Crippen LogP contribution in [-0.2, 0) is 20.8 Å². The zero-order chi connectivity index (χ0) is 18.3. The summed E-state index contributed by atoms with van der Waals surface area (Å²) < 4.78 is 0. The third kappa shape index (κ3) is 6.81. The van der Waals surface area contributed by atoms with Crippen LogP contribution < -0.4 is 16.4 Å². The van der Waals surface area contributed by atoms with Crippen LogP contribution in [0.4, 0.5) is 0 Å². The first-order chi connectivity index (χ1) is 11.2. The quantitative estimate of drug-likeness (QED) is 0.663. The molecular formula is C18H27N3O3. The number of aryl methyl sites for hydroxylation is 1. The van der Waals surface area contributed by atoms with Crippen molar-refractivity contribution in [1.82, 2.24) is 10.6 Å². The van der Waals surface area contributed by atoms with Gasteiger partial charge in [0.05, 0.1) is 0 Å². The highest BCUT2D eigenvalue weighted by Crippen LogP contribution is 2.09. The maximum atomic E-state index is 12.5. The van der Waals surface area contributed by atoms with Crippen LogP contribution in [0.25, 0.3) is 0 Å². The largest absolute Gasteiger partial charge is 0.368 e. The van der Waals surface area contributed by atoms with Gasteiger partial charge < -0.3 is 16.4 Å². The summed E-state index contributed by atoms with van der Waals surface area (Å²) in [5, 5.41) is 5.29. The first kappa shape index (κ1) is 19.7. The molecule has 0 unspecified atom stereocenters. The molecule has 0 aromatic heterocycles. The number of carbonyl (C=O) groups is 3. The first-order valence-corrected chi connectivity index (χ1v) is 8.11. The van der Waals surface area contributed by atoms with E-state index in [1.54, 1.807) is 0 Å². The molecule has 0 fully saturated rings. The number of hydrogen-bond acceptors (Lipinski definition) is 3. The Morgan fingerprint density at radius 3 is 2.29 bits per heavy atom. The number of carbonyl (C=O) groups excluding carboxylic acids is 3. The predicted molar refractivity (Wildman–Crippen MR) is 93.1 cm³/mol. The molecule has 0 aliphatic carbocycles. The number of nitrogens with one attached hydrogen (secondary N) is 2. The molecule has 24 heavy (non-hydrogen) atoms. The van der Waals surface area contributed by atoms with E-state index in [-0.39, 0.29) is 11.8 Å². The van der Waals surface area contributed by atoms with Crippen LogP contribution >= 0.6 is 0 Å². The van der Waals surface area contributed by atoms with E-state index in [2.05, 4.69) is 10.6 Å². The van der Waals surface area contributed by atoms with Crippen molar-refractivity contribution < 1.29 is 14.4 Å². The van der Waals surface area contributed by atoms with E-state index in [0.29, 0.717) is 12.8 Å². The number of rotatable bonds is 8. The molecule has 1 rings (SSSR count). The summed E-state index contributed by atoms with van der Waals surface area (Å²) >= 11 is 0. The van der Waals surface area contributed by atoms with Crippen LogP contribution in [-0.4, -0.2) is 29.8 Å². The summed E-state index contributed by atoms with van der Waals surface area (Å²) in [6.45, 7) is 7.23. The molecule has 6 heteroatoms. The molecular weight excluding hydrogens is 306 g/mol. The summed E-state index contributed by atoms with van der Waals surface area (Å²) in [4.78, 5) is 35.5. The van der Waals surface area contributed by atoms with Crippen molar-refractivity contribution in [3.05, 3.63) is 35.4 Å². The van der Waals surface area contributed by atoms with Crippen molar-refractivity contribution in [1.29, 1.82) is 0 Å². The maximum absolute atomic E-state index is 12.5. The minimum atomic E-state index is -0.817. The van der Waals surface area contributed by atoms with Gasteiger partial charge in [-0.25, -0.2) is 0 Å². The Balaban J connectivity index is 2.83. The van der Waals surface area contributed by atoms with Crippen LogP contribution in [0.2, 0.25) is 0 Å². The van der Waals surface area contributed by atoms with Crippen molar-refractivity contribution in [3.63, 3.8) is 0 Å². The van der Waals surface area contributed by atoms with Crippen molar-refractivity contribution in [2.45, 2.75) is 52.6 Å². The molecule has 0 saturated heterocycles. The Bertz CT molecular complexity index is 599. The molecule has 4 N–H and O–H groups in total. The fourth-order valence-corrected chi connectivity index (χ4v) is 2.52. The van der Waals surface area contributed by atoms with Crippen molar-refractivity contribution in [3.8, 4) is 0 Å². The molecule has 1 aromatic carbocycles. The summed E-state index contributed by atoms with van der Waals surface area (Å²) in [6, 6.07) is 6.18. The van der Waals surface area contributed by atoms with E-state index in [4.69, 9.17) is 5.73 Å². The van der Waals surface area contributed by atoms with E-state index in [1.807, 2.05) is 45.0 Å². The van der Waals surface area contributed by atoms with Gasteiger partial charge in [0.1, 0.15) is 12.1 Å². The summed E-state index contributed by atoms with van der Waals surface area (Å²) in [5.74, 6) is -1.06. The van der Waals surface area contributed by atoms with Crippen LogP contribution in [0.15, 0.2) is 24.3 Å². The van der Waals surface area contributed by atoms with Crippen molar-refractivity contribution >= 4 is 17.7 Å². The van der Waals surface area contributed by atoms with Gasteiger partial charge in [0.15, 0.2) is 0 Å². The normalized spacial score (nSPS) is 13.2. The fraction of sp³-hybridized carbons (Fsp3) is 0.500. The summed E-state index contributed by atoms with van der Waals surface area (Å²) in [6.07, 6.45) is 0.804. The molecule has 0 spiro atoms. The van der Waals surface area contributed by atoms with Gasteiger partial charge in [0.25, 0.3) is 0 Å². The number of hydrogen-bond donors (Lipinski definition) is 3. The number of primary amides is 1. The second-order valence-electron chi connectivity index (χ2n) is 6.54. The molecule has 0 aliphatic heterocycles. The average Bonchev–Trinajstić information content (AvgIpc) is 2.44. The third-order valence-corrected chi connectivity index (χ3v) is 3.58. The van der Waals surface area contributed by atoms with Crippen molar-refractivity contribution in [2.24, 2.45) is 11.7 Å². The van der Waals surface area contributed by atoms with Crippen LogP contribution in [0.5, 0.6) is 0 Å². The van der Waals surface area contributed by atoms with E-state index in [1.165, 1.54) is 6.92 Å². The lowest BCUT2D eigenvalue weighted by Crippen LogP contribution is -2.53. The zero-order valence-corrected chi connectivity index (χ0v) is 14.8. The molecule has 2 atom stereocenters. The maximum Gasteiger partial charge on any atom is 0.243 e. The van der Waals surface area contributed by atoms with Gasteiger partial charge in [0.2, 0.25) is 17.7 Å². The molecule has 0 saturated carbocycles. The van der Waals surface area contributed by atoms with Gasteiger partial charge in [-0.2, -0.15) is 0 Å². The first-order valence-electron chi connectivity index (χ1n) is 8.11. The number of amides is 3. The Hall–Kier alpha value is -2.37. The number of nitrogens with two attached hydrogens (primary N) is 1. The summed E-state index contributed by atoms with van der Waals surface area (Å²) in [7, 11) is 0. The van der Waals surface area contributed by atoms with E-state index >= 15 is 0 Å². The highest BCUT2D eigenvalue weighted by Gasteiger charge is 2.25. The highest BCUT2D eigenvalue weighted by molar-refractivity contribution is 5.91. The Labute approximate surface area is 143 Å². The highest BCUT2D eigenvalue weighted by atomic mass is 16.2. The van der Waals surface area contributed by atoms with E-state index < -0.39 is 23.9 Å². The monoisotopic (exact) mass is 333 g/mol. The Kier molecular flexibility index (Phi) is 7.42. The minimum Gasteiger partial charge on any atom is -0.368 e.